The van der Waals surface area contributed by atoms with Crippen LogP contribution in [0.2, 0.25) is 0 Å². The summed E-state index contributed by atoms with van der Waals surface area (Å²) < 4.78 is 5.48. The number of amides is 1. The second-order valence-corrected chi connectivity index (χ2v) is 23.9. The van der Waals surface area contributed by atoms with E-state index >= 15 is 0 Å². The van der Waals surface area contributed by atoms with Crippen LogP contribution in [-0.4, -0.2) is 47.4 Å². The number of hydrogen-bond donors (Lipinski definition) is 3. The molecular formula is C70H135NO5. The van der Waals surface area contributed by atoms with Crippen LogP contribution in [0.1, 0.15) is 386 Å². The molecule has 0 radical (unpaired) electrons. The largest absolute Gasteiger partial charge is 0.466 e. The fourth-order valence-electron chi connectivity index (χ4n) is 10.9. The molecular weight excluding hydrogens is 935 g/mol. The molecule has 3 N–H and O–H groups in total. The van der Waals surface area contributed by atoms with Crippen molar-refractivity contribution in [1.29, 1.82) is 0 Å². The van der Waals surface area contributed by atoms with E-state index in [-0.39, 0.29) is 18.5 Å². The van der Waals surface area contributed by atoms with Crippen LogP contribution in [0.15, 0.2) is 24.3 Å². The van der Waals surface area contributed by atoms with Gasteiger partial charge in [-0.25, -0.2) is 0 Å². The lowest BCUT2D eigenvalue weighted by atomic mass is 10.0. The summed E-state index contributed by atoms with van der Waals surface area (Å²) in [6, 6.07) is -0.632. The van der Waals surface area contributed by atoms with E-state index in [0.717, 1.165) is 38.5 Å². The lowest BCUT2D eigenvalue weighted by molar-refractivity contribution is -0.143. The van der Waals surface area contributed by atoms with Crippen LogP contribution in [0, 0.1) is 0 Å². The smallest absolute Gasteiger partial charge is 0.305 e. The molecule has 1 amide bonds. The summed E-state index contributed by atoms with van der Waals surface area (Å²) in [4.78, 5) is 24.6. The van der Waals surface area contributed by atoms with E-state index in [4.69, 9.17) is 4.74 Å². The van der Waals surface area contributed by atoms with Crippen LogP contribution in [0.3, 0.4) is 0 Å². The zero-order valence-electron chi connectivity index (χ0n) is 51.5. The number of ether oxygens (including phenoxy) is 1. The Morgan fingerprint density at radius 3 is 0.934 bits per heavy atom. The first-order valence-electron chi connectivity index (χ1n) is 34.6. The van der Waals surface area contributed by atoms with Crippen LogP contribution < -0.4 is 5.32 Å². The molecule has 6 nitrogen and oxygen atoms in total. The molecule has 0 aliphatic carbocycles. The topological polar surface area (TPSA) is 95.9 Å². The maximum Gasteiger partial charge on any atom is 0.305 e. The third kappa shape index (κ3) is 61.6. The van der Waals surface area contributed by atoms with Crippen molar-refractivity contribution in [3.63, 3.8) is 0 Å². The summed E-state index contributed by atoms with van der Waals surface area (Å²) in [6.07, 6.45) is 82.5. The van der Waals surface area contributed by atoms with Crippen molar-refractivity contribution < 1.29 is 24.5 Å². The van der Waals surface area contributed by atoms with Gasteiger partial charge in [-0.1, -0.05) is 340 Å². The highest BCUT2D eigenvalue weighted by atomic mass is 16.5. The zero-order chi connectivity index (χ0) is 55.0. The Hall–Kier alpha value is -1.66. The summed E-state index contributed by atoms with van der Waals surface area (Å²) in [7, 11) is 0. The summed E-state index contributed by atoms with van der Waals surface area (Å²) >= 11 is 0. The minimum absolute atomic E-state index is 0.0143. The molecule has 0 heterocycles. The van der Waals surface area contributed by atoms with E-state index in [1.54, 1.807) is 6.08 Å². The summed E-state index contributed by atoms with van der Waals surface area (Å²) in [5.41, 5.74) is 0. The van der Waals surface area contributed by atoms with Gasteiger partial charge in [0.2, 0.25) is 5.91 Å². The number of aliphatic hydroxyl groups excluding tert-OH is 2. The third-order valence-electron chi connectivity index (χ3n) is 16.2. The van der Waals surface area contributed by atoms with Crippen molar-refractivity contribution in [3.8, 4) is 0 Å². The number of carbonyl (C=O) groups is 2. The fraction of sp³-hybridized carbons (Fsp3) is 0.914. The number of carbonyl (C=O) groups excluding carboxylic acids is 2. The molecule has 0 aliphatic rings. The van der Waals surface area contributed by atoms with Gasteiger partial charge in [0.15, 0.2) is 0 Å². The molecule has 0 aromatic heterocycles. The number of unbranched alkanes of at least 4 members (excludes halogenated alkanes) is 52. The van der Waals surface area contributed by atoms with Crippen molar-refractivity contribution in [2.24, 2.45) is 0 Å². The average molecular weight is 1070 g/mol. The van der Waals surface area contributed by atoms with Crippen molar-refractivity contribution in [2.75, 3.05) is 13.2 Å². The maximum atomic E-state index is 12.5. The van der Waals surface area contributed by atoms with Gasteiger partial charge in [-0.2, -0.15) is 0 Å². The highest BCUT2D eigenvalue weighted by molar-refractivity contribution is 5.76. The number of rotatable bonds is 65. The van der Waals surface area contributed by atoms with E-state index < -0.39 is 12.1 Å². The first kappa shape index (κ1) is 74.3. The second-order valence-electron chi connectivity index (χ2n) is 23.9. The van der Waals surface area contributed by atoms with Gasteiger partial charge in [-0.05, 0) is 57.8 Å². The highest BCUT2D eigenvalue weighted by Crippen LogP contribution is 2.18. The van der Waals surface area contributed by atoms with Crippen LogP contribution in [0.25, 0.3) is 0 Å². The Kier molecular flexibility index (Phi) is 64.4. The van der Waals surface area contributed by atoms with Gasteiger partial charge in [0.25, 0.3) is 0 Å². The molecule has 76 heavy (non-hydrogen) atoms. The third-order valence-corrected chi connectivity index (χ3v) is 16.2. The van der Waals surface area contributed by atoms with Crippen molar-refractivity contribution >= 4 is 11.9 Å². The molecule has 0 saturated carbocycles. The number of hydrogen-bond acceptors (Lipinski definition) is 5. The van der Waals surface area contributed by atoms with Crippen LogP contribution >= 0.6 is 0 Å². The first-order chi connectivity index (χ1) is 37.5. The number of aliphatic hydroxyl groups is 2. The van der Waals surface area contributed by atoms with Gasteiger partial charge in [0.05, 0.1) is 25.4 Å². The summed E-state index contributed by atoms with van der Waals surface area (Å²) in [6.45, 7) is 4.94. The van der Waals surface area contributed by atoms with Crippen LogP contribution in [0.5, 0.6) is 0 Å². The predicted molar refractivity (Wildman–Crippen MR) is 333 cm³/mol. The van der Waals surface area contributed by atoms with Crippen molar-refractivity contribution in [2.45, 2.75) is 398 Å². The van der Waals surface area contributed by atoms with Gasteiger partial charge in [0, 0.05) is 12.8 Å². The Morgan fingerprint density at radius 2 is 0.618 bits per heavy atom. The molecule has 2 atom stereocenters. The van der Waals surface area contributed by atoms with E-state index in [0.29, 0.717) is 19.4 Å². The highest BCUT2D eigenvalue weighted by Gasteiger charge is 2.18. The Labute approximate surface area is 475 Å². The maximum absolute atomic E-state index is 12.5. The molecule has 0 aliphatic heterocycles. The van der Waals surface area contributed by atoms with E-state index in [1.165, 1.54) is 321 Å². The molecule has 0 rings (SSSR count). The number of allylic oxidation sites excluding steroid dienone is 3. The van der Waals surface area contributed by atoms with Crippen molar-refractivity contribution in [3.05, 3.63) is 24.3 Å². The van der Waals surface area contributed by atoms with Crippen molar-refractivity contribution in [1.82, 2.24) is 5.32 Å². The fourth-order valence-corrected chi connectivity index (χ4v) is 10.9. The second kappa shape index (κ2) is 65.9. The van der Waals surface area contributed by atoms with E-state index in [9.17, 15) is 19.8 Å². The quantitative estimate of drug-likeness (QED) is 0.0320. The van der Waals surface area contributed by atoms with Crippen LogP contribution in [0.4, 0.5) is 0 Å². The van der Waals surface area contributed by atoms with Gasteiger partial charge >= 0.3 is 5.97 Å². The molecule has 0 bridgehead atoms. The Balaban J connectivity index is 3.43. The average Bonchev–Trinajstić information content (AvgIpc) is 3.42. The van der Waals surface area contributed by atoms with Crippen LogP contribution in [-0.2, 0) is 14.3 Å². The molecule has 450 valence electrons. The number of esters is 1. The summed E-state index contributed by atoms with van der Waals surface area (Å²) in [5.74, 6) is -0.0542. The zero-order valence-corrected chi connectivity index (χ0v) is 51.5. The lowest BCUT2D eigenvalue weighted by Gasteiger charge is -2.20. The lowest BCUT2D eigenvalue weighted by Crippen LogP contribution is -2.45. The predicted octanol–water partition coefficient (Wildman–Crippen LogP) is 22.1. The van der Waals surface area contributed by atoms with E-state index in [2.05, 4.69) is 31.3 Å². The van der Waals surface area contributed by atoms with E-state index in [1.807, 2.05) is 6.08 Å². The molecule has 0 saturated heterocycles. The van der Waals surface area contributed by atoms with Gasteiger partial charge in [-0.3, -0.25) is 9.59 Å². The molecule has 2 unspecified atom stereocenters. The molecule has 0 spiro atoms. The Morgan fingerprint density at radius 1 is 0.355 bits per heavy atom. The standard InChI is InChI=1S/C70H135NO5/c1-3-5-7-9-11-13-15-17-18-19-20-21-26-29-32-35-39-42-46-50-54-58-62-68(73)67(66-72)71-69(74)63-59-55-51-47-43-40-36-33-30-27-24-22-23-25-28-31-34-37-41-45-49-53-57-61-65-76-70(75)64-60-56-52-48-44-38-16-14-12-10-8-6-4-2/h24,27,58,62,67-68,72-73H,3-23,25-26,28-57,59-61,63-66H2,1-2H3,(H,71,74)/b27-24-,62-58+. The SMILES string of the molecule is CCCCCCCCCCCCCCCCCCCCCC/C=C/C(O)C(CO)NC(=O)CCCCCCCCCC/C=C\CCCCCCCCCCCCCCOC(=O)CCCCCCCCCCCCCCC. The monoisotopic (exact) mass is 1070 g/mol. The number of nitrogens with one attached hydrogen (secondary N) is 1. The normalized spacial score (nSPS) is 12.6. The van der Waals surface area contributed by atoms with Gasteiger partial charge in [0.1, 0.15) is 0 Å². The molecule has 0 aromatic carbocycles. The van der Waals surface area contributed by atoms with Gasteiger partial charge in [-0.15, -0.1) is 0 Å². The van der Waals surface area contributed by atoms with Gasteiger partial charge < -0.3 is 20.3 Å². The first-order valence-corrected chi connectivity index (χ1v) is 34.6. The molecule has 6 heteroatoms. The molecule has 0 fully saturated rings. The minimum atomic E-state index is -0.848. The molecule has 0 aromatic rings. The Bertz CT molecular complexity index is 1190. The summed E-state index contributed by atoms with van der Waals surface area (Å²) in [5, 5.41) is 23.2. The minimum Gasteiger partial charge on any atom is -0.466 e.